The molecule has 0 spiro atoms. The van der Waals surface area contributed by atoms with Gasteiger partial charge in [-0.3, -0.25) is 14.7 Å². The molecule has 3 aromatic rings. The lowest BCUT2D eigenvalue weighted by atomic mass is 9.85. The van der Waals surface area contributed by atoms with Gasteiger partial charge in [0, 0.05) is 72.1 Å². The largest absolute Gasteiger partial charge is 0.478 e. The van der Waals surface area contributed by atoms with Gasteiger partial charge in [-0.2, -0.15) is 0 Å². The Morgan fingerprint density at radius 2 is 2.07 bits per heavy atom. The average molecular weight is 642 g/mol. The second-order valence-corrected chi connectivity index (χ2v) is 12.0. The van der Waals surface area contributed by atoms with Crippen LogP contribution in [0.3, 0.4) is 0 Å². The second-order valence-electron chi connectivity index (χ2n) is 10.7. The van der Waals surface area contributed by atoms with Gasteiger partial charge < -0.3 is 20.1 Å². The van der Waals surface area contributed by atoms with E-state index in [2.05, 4.69) is 10.3 Å². The summed E-state index contributed by atoms with van der Waals surface area (Å²) in [5.74, 6) is -3.38. The highest BCUT2D eigenvalue weighted by Gasteiger charge is 2.57. The highest BCUT2D eigenvalue weighted by atomic mass is 35.5. The number of alkyl halides is 1. The number of esters is 1. The van der Waals surface area contributed by atoms with Crippen LogP contribution >= 0.6 is 22.9 Å². The van der Waals surface area contributed by atoms with Crippen molar-refractivity contribution in [2.24, 2.45) is 10.9 Å². The van der Waals surface area contributed by atoms with Crippen LogP contribution in [0.4, 0.5) is 14.5 Å². The molecule has 3 aliphatic heterocycles. The van der Waals surface area contributed by atoms with E-state index in [1.165, 1.54) is 53.7 Å². The number of piperidine rings is 1. The number of carboxylic acid groups (broad SMARTS) is 1. The van der Waals surface area contributed by atoms with E-state index in [4.69, 9.17) is 21.3 Å². The van der Waals surface area contributed by atoms with E-state index >= 15 is 4.39 Å². The van der Waals surface area contributed by atoms with Gasteiger partial charge in [0.25, 0.3) is 5.91 Å². The molecule has 3 aliphatic rings. The first-order valence-electron chi connectivity index (χ1n) is 13.7. The number of halogens is 3. The molecule has 3 atom stereocenters. The normalized spacial score (nSPS) is 23.7. The highest BCUT2D eigenvalue weighted by molar-refractivity contribution is 7.11. The molecule has 10 nitrogen and oxygen atoms in total. The van der Waals surface area contributed by atoms with Crippen molar-refractivity contribution in [1.29, 1.82) is 0 Å². The van der Waals surface area contributed by atoms with Gasteiger partial charge in [-0.25, -0.2) is 23.4 Å². The maximum atomic E-state index is 16.3. The number of aromatic carboxylic acids is 1. The third-order valence-electron chi connectivity index (χ3n) is 8.13. The predicted molar refractivity (Wildman–Crippen MR) is 159 cm³/mol. The summed E-state index contributed by atoms with van der Waals surface area (Å²) in [4.78, 5) is 50.3. The fraction of sp³-hybridized carbons (Fsp3) is 0.300. The molecule has 0 radical (unpaired) electrons. The zero-order chi connectivity index (χ0) is 31.2. The molecule has 1 amide bonds. The van der Waals surface area contributed by atoms with Crippen molar-refractivity contribution in [2.75, 3.05) is 38.2 Å². The lowest BCUT2D eigenvalue weighted by Crippen LogP contribution is -2.52. The molecular weight excluding hydrogens is 616 g/mol. The van der Waals surface area contributed by atoms with E-state index in [1.807, 2.05) is 4.90 Å². The number of likely N-dealkylation sites (tertiary alicyclic amines) is 1. The Balaban J connectivity index is 1.32. The molecule has 4 heterocycles. The van der Waals surface area contributed by atoms with Crippen LogP contribution in [-0.4, -0.2) is 77.6 Å². The SMILES string of the molecule is COC(=O)C1=C(CN2CC[C@]3(F)C(=O)N(c4cccc(C(=O)O)c4)C[C@@H]3C2)NC(c2nccs2)=N[C@H]1c1ccc(F)cc1Cl. The molecule has 2 aromatic carbocycles. The van der Waals surface area contributed by atoms with Gasteiger partial charge in [0.2, 0.25) is 0 Å². The van der Waals surface area contributed by atoms with E-state index < -0.39 is 41.3 Å². The zero-order valence-electron chi connectivity index (χ0n) is 23.3. The van der Waals surface area contributed by atoms with E-state index in [1.54, 1.807) is 17.6 Å². The number of ether oxygens (including phenoxy) is 1. The van der Waals surface area contributed by atoms with E-state index in [0.717, 1.165) is 6.07 Å². The zero-order valence-corrected chi connectivity index (χ0v) is 24.9. The number of anilines is 1. The van der Waals surface area contributed by atoms with Gasteiger partial charge in [-0.05, 0) is 30.3 Å². The van der Waals surface area contributed by atoms with E-state index in [9.17, 15) is 23.9 Å². The Labute approximate surface area is 259 Å². The van der Waals surface area contributed by atoms with Crippen LogP contribution < -0.4 is 10.2 Å². The number of hydrogen-bond acceptors (Lipinski definition) is 9. The molecule has 14 heteroatoms. The van der Waals surface area contributed by atoms with Gasteiger partial charge in [-0.1, -0.05) is 23.7 Å². The number of fused-ring (bicyclic) bond motifs is 1. The van der Waals surface area contributed by atoms with E-state index in [-0.39, 0.29) is 48.8 Å². The summed E-state index contributed by atoms with van der Waals surface area (Å²) < 4.78 is 35.3. The summed E-state index contributed by atoms with van der Waals surface area (Å²) in [6.07, 6.45) is 1.52. The fourth-order valence-corrected chi connectivity index (χ4v) is 6.81. The topological polar surface area (TPSA) is 124 Å². The van der Waals surface area contributed by atoms with Crippen LogP contribution in [0, 0.1) is 11.7 Å². The number of rotatable bonds is 7. The van der Waals surface area contributed by atoms with Crippen molar-refractivity contribution in [3.8, 4) is 0 Å². The first-order chi connectivity index (χ1) is 21.1. The quantitative estimate of drug-likeness (QED) is 0.368. The summed E-state index contributed by atoms with van der Waals surface area (Å²) in [5.41, 5.74) is -0.812. The molecule has 0 aliphatic carbocycles. The molecule has 228 valence electrons. The number of benzene rings is 2. The average Bonchev–Trinajstić information content (AvgIpc) is 3.64. The molecule has 0 bridgehead atoms. The summed E-state index contributed by atoms with van der Waals surface area (Å²) in [6.45, 7) is 0.597. The van der Waals surface area contributed by atoms with Crippen LogP contribution in [0.15, 0.2) is 70.3 Å². The van der Waals surface area contributed by atoms with Crippen molar-refractivity contribution < 1.29 is 33.0 Å². The van der Waals surface area contributed by atoms with Crippen LogP contribution in [0.25, 0.3) is 0 Å². The minimum atomic E-state index is -2.12. The van der Waals surface area contributed by atoms with Gasteiger partial charge in [0.1, 0.15) is 11.9 Å². The number of carboxylic acids is 1. The number of carbonyl (C=O) groups excluding carboxylic acids is 2. The molecule has 44 heavy (non-hydrogen) atoms. The Kier molecular flexibility index (Phi) is 7.95. The van der Waals surface area contributed by atoms with Gasteiger partial charge >= 0.3 is 11.9 Å². The molecule has 2 N–H and O–H groups in total. The minimum absolute atomic E-state index is 0.00105. The monoisotopic (exact) mass is 641 g/mol. The van der Waals surface area contributed by atoms with Crippen molar-refractivity contribution in [3.63, 3.8) is 0 Å². The summed E-state index contributed by atoms with van der Waals surface area (Å²) >= 11 is 7.76. The number of nitrogens with zero attached hydrogens (tertiary/aromatic N) is 4. The summed E-state index contributed by atoms with van der Waals surface area (Å²) in [5, 5.41) is 15.0. The number of aromatic nitrogens is 1. The smallest absolute Gasteiger partial charge is 0.338 e. The predicted octanol–water partition coefficient (Wildman–Crippen LogP) is 4.23. The van der Waals surface area contributed by atoms with Crippen molar-refractivity contribution in [3.05, 3.63) is 92.3 Å². The third-order valence-corrected chi connectivity index (χ3v) is 9.24. The second kappa shape index (κ2) is 11.7. The number of methoxy groups -OCH3 is 1. The molecule has 2 fully saturated rings. The van der Waals surface area contributed by atoms with Crippen LogP contribution in [0.2, 0.25) is 5.02 Å². The number of hydrogen-bond donors (Lipinski definition) is 2. The molecule has 6 rings (SSSR count). The number of nitrogens with one attached hydrogen (secondary N) is 1. The number of amidine groups is 1. The maximum Gasteiger partial charge on any atom is 0.338 e. The van der Waals surface area contributed by atoms with Crippen LogP contribution in [0.1, 0.15) is 33.4 Å². The fourth-order valence-electron chi connectivity index (χ4n) is 5.95. The maximum absolute atomic E-state index is 16.3. The number of aliphatic imine (C=N–C) groups is 1. The number of amides is 1. The molecule has 0 saturated carbocycles. The summed E-state index contributed by atoms with van der Waals surface area (Å²) in [6, 6.07) is 8.77. The third kappa shape index (κ3) is 5.35. The minimum Gasteiger partial charge on any atom is -0.478 e. The standard InChI is InChI=1S/C30H26ClF2N5O5S/c1-43-28(41)23-22(35-25(26-34-8-10-44-26)36-24(23)20-6-5-18(32)12-21(20)31)15-37-9-7-30(33)17(13-37)14-38(29(30)42)19-4-2-3-16(11-19)27(39)40/h2-6,8,10-12,17,24H,7,9,13-15H2,1H3,(H,35,36)(H,39,40)/t17-,24-,30+/m0/s1. The lowest BCUT2D eigenvalue weighted by Gasteiger charge is -2.38. The first-order valence-corrected chi connectivity index (χ1v) is 14.9. The Bertz CT molecular complexity index is 1720. The van der Waals surface area contributed by atoms with Crippen molar-refractivity contribution in [1.82, 2.24) is 15.2 Å². The first kappa shape index (κ1) is 29.9. The number of thiazole rings is 1. The Morgan fingerprint density at radius 1 is 1.25 bits per heavy atom. The van der Waals surface area contributed by atoms with Crippen LogP contribution in [0.5, 0.6) is 0 Å². The highest BCUT2D eigenvalue weighted by Crippen LogP contribution is 2.42. The van der Waals surface area contributed by atoms with Gasteiger partial charge in [0.05, 0.1) is 18.2 Å². The molecule has 2 saturated heterocycles. The van der Waals surface area contributed by atoms with Crippen molar-refractivity contribution >= 4 is 52.3 Å². The van der Waals surface area contributed by atoms with E-state index in [0.29, 0.717) is 27.8 Å². The lowest BCUT2D eigenvalue weighted by molar-refractivity contribution is -0.136. The van der Waals surface area contributed by atoms with Crippen LogP contribution in [-0.2, 0) is 14.3 Å². The Morgan fingerprint density at radius 3 is 2.77 bits per heavy atom. The van der Waals surface area contributed by atoms with Gasteiger partial charge in [0.15, 0.2) is 16.5 Å². The summed E-state index contributed by atoms with van der Waals surface area (Å²) in [7, 11) is 1.24. The molecule has 0 unspecified atom stereocenters. The Hall–Kier alpha value is -4.20. The molecule has 1 aromatic heterocycles. The van der Waals surface area contributed by atoms with Crippen molar-refractivity contribution in [2.45, 2.75) is 18.1 Å². The number of carbonyl (C=O) groups is 3. The van der Waals surface area contributed by atoms with Gasteiger partial charge in [-0.15, -0.1) is 11.3 Å². The molecular formula is C30H26ClF2N5O5S.